The summed E-state index contributed by atoms with van der Waals surface area (Å²) in [7, 11) is 0. The van der Waals surface area contributed by atoms with Crippen LogP contribution < -0.4 is 11.1 Å². The van der Waals surface area contributed by atoms with Gasteiger partial charge in [0.25, 0.3) is 0 Å². The van der Waals surface area contributed by atoms with Crippen LogP contribution in [0.5, 0.6) is 0 Å². The van der Waals surface area contributed by atoms with Gasteiger partial charge in [0.2, 0.25) is 5.91 Å². The van der Waals surface area contributed by atoms with Crippen LogP contribution in [0.1, 0.15) is 46.0 Å². The minimum absolute atomic E-state index is 0.0596. The average molecular weight is 242 g/mol. The van der Waals surface area contributed by atoms with Crippen LogP contribution in [0.2, 0.25) is 0 Å². The standard InChI is InChI=1S/C12H22N2OS/c1-8-3-5-10(6-4-8)12(15)14-9(2)7-11(13)16/h8-10H,3-7H2,1-2H3,(H2,13,16)(H,14,15). The molecule has 1 saturated carbocycles. The molecule has 1 fully saturated rings. The second kappa shape index (κ2) is 6.18. The molecule has 16 heavy (non-hydrogen) atoms. The number of carbonyl (C=O) groups is 1. The number of hydrogen-bond donors (Lipinski definition) is 2. The zero-order valence-electron chi connectivity index (χ0n) is 10.2. The fraction of sp³-hybridized carbons (Fsp3) is 0.833. The molecular formula is C12H22N2OS. The topological polar surface area (TPSA) is 55.1 Å². The van der Waals surface area contributed by atoms with E-state index < -0.39 is 0 Å². The van der Waals surface area contributed by atoms with Crippen LogP contribution in [-0.2, 0) is 4.79 Å². The largest absolute Gasteiger partial charge is 0.393 e. The van der Waals surface area contributed by atoms with Crippen LogP contribution in [-0.4, -0.2) is 16.9 Å². The molecule has 92 valence electrons. The van der Waals surface area contributed by atoms with Crippen LogP contribution >= 0.6 is 12.2 Å². The minimum Gasteiger partial charge on any atom is -0.393 e. The third-order valence-electron chi connectivity index (χ3n) is 3.28. The summed E-state index contributed by atoms with van der Waals surface area (Å²) in [5, 5.41) is 2.99. The Morgan fingerprint density at radius 2 is 2.00 bits per heavy atom. The quantitative estimate of drug-likeness (QED) is 0.741. The van der Waals surface area contributed by atoms with Crippen molar-refractivity contribution in [1.29, 1.82) is 0 Å². The second-order valence-corrected chi connectivity index (χ2v) is 5.56. The van der Waals surface area contributed by atoms with Gasteiger partial charge in [-0.05, 0) is 38.5 Å². The monoisotopic (exact) mass is 242 g/mol. The fourth-order valence-corrected chi connectivity index (χ4v) is 2.49. The van der Waals surface area contributed by atoms with Gasteiger partial charge in [-0.25, -0.2) is 0 Å². The zero-order chi connectivity index (χ0) is 12.1. The lowest BCUT2D eigenvalue weighted by molar-refractivity contribution is -0.126. The van der Waals surface area contributed by atoms with Crippen LogP contribution in [0.3, 0.4) is 0 Å². The smallest absolute Gasteiger partial charge is 0.223 e. The van der Waals surface area contributed by atoms with Crippen molar-refractivity contribution in [3.63, 3.8) is 0 Å². The summed E-state index contributed by atoms with van der Waals surface area (Å²) in [6.07, 6.45) is 4.97. The normalized spacial score (nSPS) is 27.1. The van der Waals surface area contributed by atoms with E-state index in [4.69, 9.17) is 18.0 Å². The van der Waals surface area contributed by atoms with Crippen LogP contribution in [0.4, 0.5) is 0 Å². The molecule has 3 N–H and O–H groups in total. The van der Waals surface area contributed by atoms with Gasteiger partial charge in [-0.2, -0.15) is 0 Å². The van der Waals surface area contributed by atoms with Crippen molar-refractivity contribution >= 4 is 23.1 Å². The van der Waals surface area contributed by atoms with Gasteiger partial charge < -0.3 is 11.1 Å². The zero-order valence-corrected chi connectivity index (χ0v) is 11.0. The van der Waals surface area contributed by atoms with Crippen molar-refractivity contribution < 1.29 is 4.79 Å². The molecule has 0 aliphatic heterocycles. The van der Waals surface area contributed by atoms with E-state index in [1.165, 1.54) is 12.8 Å². The summed E-state index contributed by atoms with van der Waals surface area (Å²) in [4.78, 5) is 12.4. The maximum Gasteiger partial charge on any atom is 0.223 e. The van der Waals surface area contributed by atoms with Gasteiger partial charge >= 0.3 is 0 Å². The van der Waals surface area contributed by atoms with Crippen molar-refractivity contribution in [2.45, 2.75) is 52.0 Å². The van der Waals surface area contributed by atoms with E-state index in [1.54, 1.807) is 0 Å². The number of carbonyl (C=O) groups excluding carboxylic acids is 1. The van der Waals surface area contributed by atoms with Gasteiger partial charge in [0.15, 0.2) is 0 Å². The molecule has 0 saturated heterocycles. The van der Waals surface area contributed by atoms with Crippen LogP contribution in [0, 0.1) is 11.8 Å². The van der Waals surface area contributed by atoms with Gasteiger partial charge in [0, 0.05) is 18.4 Å². The van der Waals surface area contributed by atoms with Gasteiger partial charge in [-0.3, -0.25) is 4.79 Å². The summed E-state index contributed by atoms with van der Waals surface area (Å²) >= 11 is 4.82. The number of nitrogens with one attached hydrogen (secondary N) is 1. The van der Waals surface area contributed by atoms with E-state index in [1.807, 2.05) is 6.92 Å². The first kappa shape index (κ1) is 13.4. The molecule has 0 bridgehead atoms. The van der Waals surface area contributed by atoms with Crippen LogP contribution in [0.25, 0.3) is 0 Å². The number of thiocarbonyl (C=S) groups is 1. The number of hydrogen-bond acceptors (Lipinski definition) is 2. The molecule has 1 aliphatic rings. The van der Waals surface area contributed by atoms with E-state index in [0.717, 1.165) is 18.8 Å². The van der Waals surface area contributed by atoms with Gasteiger partial charge in [0.05, 0.1) is 4.99 Å². The summed E-state index contributed by atoms with van der Waals surface area (Å²) in [6, 6.07) is 0.0596. The highest BCUT2D eigenvalue weighted by molar-refractivity contribution is 7.80. The lowest BCUT2D eigenvalue weighted by Gasteiger charge is -2.26. The molecular weight excluding hydrogens is 220 g/mol. The van der Waals surface area contributed by atoms with E-state index >= 15 is 0 Å². The molecule has 3 nitrogen and oxygen atoms in total. The van der Waals surface area contributed by atoms with Crippen LogP contribution in [0.15, 0.2) is 0 Å². The minimum atomic E-state index is 0.0596. The predicted octanol–water partition coefficient (Wildman–Crippen LogP) is 1.99. The van der Waals surface area contributed by atoms with Gasteiger partial charge in [-0.1, -0.05) is 19.1 Å². The van der Waals surface area contributed by atoms with E-state index in [-0.39, 0.29) is 17.9 Å². The summed E-state index contributed by atoms with van der Waals surface area (Å²) in [6.45, 7) is 4.20. The molecule has 1 atom stereocenters. The first-order valence-corrected chi connectivity index (χ1v) is 6.48. The Kier molecular flexibility index (Phi) is 5.19. The van der Waals surface area contributed by atoms with Gasteiger partial charge in [-0.15, -0.1) is 0 Å². The first-order valence-electron chi connectivity index (χ1n) is 6.07. The Labute approximate surface area is 103 Å². The number of rotatable bonds is 4. The average Bonchev–Trinajstić information content (AvgIpc) is 2.16. The molecule has 1 aliphatic carbocycles. The first-order chi connectivity index (χ1) is 7.49. The molecule has 0 radical (unpaired) electrons. The Hall–Kier alpha value is -0.640. The van der Waals surface area contributed by atoms with Crippen molar-refractivity contribution in [2.75, 3.05) is 0 Å². The summed E-state index contributed by atoms with van der Waals surface area (Å²) < 4.78 is 0. The predicted molar refractivity (Wildman–Crippen MR) is 70.1 cm³/mol. The Balaban J connectivity index is 2.32. The molecule has 1 rings (SSSR count). The summed E-state index contributed by atoms with van der Waals surface area (Å²) in [5.74, 6) is 1.15. The van der Waals surface area contributed by atoms with Crippen molar-refractivity contribution in [1.82, 2.24) is 5.32 Å². The fourth-order valence-electron chi connectivity index (χ4n) is 2.24. The molecule has 4 heteroatoms. The van der Waals surface area contributed by atoms with Crippen molar-refractivity contribution in [3.05, 3.63) is 0 Å². The molecule has 0 aromatic heterocycles. The highest BCUT2D eigenvalue weighted by Crippen LogP contribution is 2.28. The molecule has 0 spiro atoms. The van der Waals surface area contributed by atoms with E-state index in [9.17, 15) is 4.79 Å². The molecule has 0 heterocycles. The Bertz CT molecular complexity index is 260. The Morgan fingerprint density at radius 3 is 2.50 bits per heavy atom. The lowest BCUT2D eigenvalue weighted by Crippen LogP contribution is -2.40. The second-order valence-electron chi connectivity index (χ2n) is 5.04. The van der Waals surface area contributed by atoms with E-state index in [2.05, 4.69) is 12.2 Å². The molecule has 1 unspecified atom stereocenters. The number of nitrogens with two attached hydrogens (primary N) is 1. The highest BCUT2D eigenvalue weighted by atomic mass is 32.1. The molecule has 0 aromatic rings. The SMILES string of the molecule is CC1CCC(C(=O)NC(C)CC(N)=S)CC1. The summed E-state index contributed by atoms with van der Waals surface area (Å²) in [5.41, 5.74) is 5.45. The number of amides is 1. The highest BCUT2D eigenvalue weighted by Gasteiger charge is 2.24. The third kappa shape index (κ3) is 4.47. The van der Waals surface area contributed by atoms with Gasteiger partial charge in [0.1, 0.15) is 0 Å². The van der Waals surface area contributed by atoms with Crippen molar-refractivity contribution in [2.24, 2.45) is 17.6 Å². The van der Waals surface area contributed by atoms with E-state index in [0.29, 0.717) is 11.4 Å². The molecule has 0 aromatic carbocycles. The molecule has 1 amide bonds. The third-order valence-corrected chi connectivity index (χ3v) is 3.45. The maximum atomic E-state index is 11.9. The Morgan fingerprint density at radius 1 is 1.44 bits per heavy atom. The van der Waals surface area contributed by atoms with Crippen molar-refractivity contribution in [3.8, 4) is 0 Å². The lowest BCUT2D eigenvalue weighted by atomic mass is 9.82. The maximum absolute atomic E-state index is 11.9.